The van der Waals surface area contributed by atoms with E-state index in [1.54, 1.807) is 6.07 Å². The number of nitrogens with one attached hydrogen (secondary N) is 1. The summed E-state index contributed by atoms with van der Waals surface area (Å²) in [4.78, 5) is 27.6. The van der Waals surface area contributed by atoms with Gasteiger partial charge in [0.1, 0.15) is 25.7 Å². The summed E-state index contributed by atoms with van der Waals surface area (Å²) in [6, 6.07) is 21.7. The van der Waals surface area contributed by atoms with Crippen molar-refractivity contribution >= 4 is 31.6 Å². The topological polar surface area (TPSA) is 138 Å². The number of hydrogen-bond acceptors (Lipinski definition) is 7. The lowest BCUT2D eigenvalue weighted by Crippen LogP contribution is -2.42. The second-order valence-electron chi connectivity index (χ2n) is 11.8. The van der Waals surface area contributed by atoms with Crippen LogP contribution < -0.4 is 5.32 Å². The minimum atomic E-state index is -3.42. The zero-order chi connectivity index (χ0) is 32.1. The van der Waals surface area contributed by atoms with E-state index in [1.807, 2.05) is 61.5 Å². The highest BCUT2D eigenvalue weighted by Gasteiger charge is 2.35. The van der Waals surface area contributed by atoms with Gasteiger partial charge in [-0.15, -0.1) is 0 Å². The Morgan fingerprint density at radius 2 is 1.52 bits per heavy atom. The van der Waals surface area contributed by atoms with Gasteiger partial charge in [-0.2, -0.15) is 0 Å². The van der Waals surface area contributed by atoms with Crippen LogP contribution in [0.2, 0.25) is 0 Å². The molecule has 0 aromatic heterocycles. The standard InChI is InChI=1S/C33H40N2O7S2/c1-23-9-7-8-12-28(23)30-20-25(13-16-29(30)32(36)34-31(33(37)38)17-18-43(2,39)40)21-35-26(19-24-10-5-4-6-11-24)14-15-27(35)22-44(3,41)42/h4-13,16,20,26-27,31H,14-15,17-19,21-22H2,1-3H3,(H,34,36)(H,37,38)/t26-,27+,31-/m0/s1. The number of carboxylic acids is 1. The van der Waals surface area contributed by atoms with Gasteiger partial charge in [0.25, 0.3) is 5.91 Å². The fraction of sp³-hybridized carbons (Fsp3) is 0.394. The number of likely N-dealkylation sites (tertiary alicyclic amines) is 1. The Hall–Kier alpha value is -3.54. The van der Waals surface area contributed by atoms with Crippen LogP contribution in [0.15, 0.2) is 72.8 Å². The van der Waals surface area contributed by atoms with Crippen LogP contribution >= 0.6 is 0 Å². The number of rotatable bonds is 13. The highest BCUT2D eigenvalue weighted by Crippen LogP contribution is 2.33. The van der Waals surface area contributed by atoms with Gasteiger partial charge in [-0.1, -0.05) is 60.7 Å². The van der Waals surface area contributed by atoms with Gasteiger partial charge >= 0.3 is 5.97 Å². The summed E-state index contributed by atoms with van der Waals surface area (Å²) in [5.41, 5.74) is 4.68. The summed E-state index contributed by atoms with van der Waals surface area (Å²) in [7, 11) is -6.64. The molecule has 4 rings (SSSR count). The van der Waals surface area contributed by atoms with Gasteiger partial charge in [0.2, 0.25) is 0 Å². The third-order valence-electron chi connectivity index (χ3n) is 8.09. The first-order chi connectivity index (χ1) is 20.7. The number of amides is 1. The van der Waals surface area contributed by atoms with Gasteiger partial charge in [-0.25, -0.2) is 21.6 Å². The maximum absolute atomic E-state index is 13.5. The molecule has 0 bridgehead atoms. The number of aliphatic carboxylic acids is 1. The minimum Gasteiger partial charge on any atom is -0.480 e. The van der Waals surface area contributed by atoms with Crippen molar-refractivity contribution in [2.45, 2.75) is 57.3 Å². The Bertz CT molecular complexity index is 1710. The van der Waals surface area contributed by atoms with Crippen LogP contribution in [0.4, 0.5) is 0 Å². The summed E-state index contributed by atoms with van der Waals surface area (Å²) in [5.74, 6) is -2.24. The largest absolute Gasteiger partial charge is 0.480 e. The average molecular weight is 641 g/mol. The van der Waals surface area contributed by atoms with Gasteiger partial charge in [0.15, 0.2) is 0 Å². The zero-order valence-corrected chi connectivity index (χ0v) is 26.9. The molecular formula is C33H40N2O7S2. The first-order valence-electron chi connectivity index (χ1n) is 14.6. The SMILES string of the molecule is Cc1ccccc1-c1cc(CN2[C@@H](CS(C)(=O)=O)CC[C@H]2Cc2ccccc2)ccc1C(=O)N[C@@H](CCS(C)(=O)=O)C(=O)O. The predicted octanol–water partition coefficient (Wildman–Crippen LogP) is 3.90. The number of aryl methyl sites for hydroxylation is 1. The summed E-state index contributed by atoms with van der Waals surface area (Å²) in [6.45, 7) is 2.40. The lowest BCUT2D eigenvalue weighted by molar-refractivity contribution is -0.139. The van der Waals surface area contributed by atoms with Crippen molar-refractivity contribution in [1.82, 2.24) is 10.2 Å². The van der Waals surface area contributed by atoms with Gasteiger partial charge in [0, 0.05) is 36.7 Å². The smallest absolute Gasteiger partial charge is 0.326 e. The first-order valence-corrected chi connectivity index (χ1v) is 18.7. The molecule has 0 spiro atoms. The molecule has 44 heavy (non-hydrogen) atoms. The summed E-state index contributed by atoms with van der Waals surface area (Å²) < 4.78 is 48.0. The normalized spacial score (nSPS) is 18.2. The molecule has 9 nitrogen and oxygen atoms in total. The number of hydrogen-bond donors (Lipinski definition) is 2. The number of carboxylic acid groups (broad SMARTS) is 1. The predicted molar refractivity (Wildman–Crippen MR) is 172 cm³/mol. The molecule has 11 heteroatoms. The quantitative estimate of drug-likeness (QED) is 0.287. The first kappa shape index (κ1) is 33.4. The van der Waals surface area contributed by atoms with Crippen LogP contribution in [0.25, 0.3) is 11.1 Å². The van der Waals surface area contributed by atoms with Crippen molar-refractivity contribution in [1.29, 1.82) is 0 Å². The molecule has 2 N–H and O–H groups in total. The van der Waals surface area contributed by atoms with E-state index in [1.165, 1.54) is 11.8 Å². The number of carbonyl (C=O) groups is 2. The van der Waals surface area contributed by atoms with E-state index in [0.717, 1.165) is 42.2 Å². The molecule has 0 saturated carbocycles. The highest BCUT2D eigenvalue weighted by atomic mass is 32.2. The minimum absolute atomic E-state index is 0.0630. The molecule has 236 valence electrons. The van der Waals surface area contributed by atoms with E-state index in [4.69, 9.17) is 0 Å². The van der Waals surface area contributed by atoms with Gasteiger partial charge in [0.05, 0.1) is 11.5 Å². The Morgan fingerprint density at radius 3 is 2.16 bits per heavy atom. The van der Waals surface area contributed by atoms with E-state index in [9.17, 15) is 31.5 Å². The summed E-state index contributed by atoms with van der Waals surface area (Å²) in [6.07, 6.45) is 4.45. The molecule has 1 aliphatic rings. The Balaban J connectivity index is 1.68. The number of benzene rings is 3. The second-order valence-corrected chi connectivity index (χ2v) is 16.3. The fourth-order valence-corrected chi connectivity index (χ4v) is 7.65. The molecular weight excluding hydrogens is 601 g/mol. The number of nitrogens with zero attached hydrogens (tertiary/aromatic N) is 1. The molecule has 3 aromatic carbocycles. The molecule has 1 fully saturated rings. The average Bonchev–Trinajstić information content (AvgIpc) is 3.29. The van der Waals surface area contributed by atoms with Gasteiger partial charge < -0.3 is 10.4 Å². The molecule has 0 unspecified atom stereocenters. The lowest BCUT2D eigenvalue weighted by Gasteiger charge is -2.30. The molecule has 1 saturated heterocycles. The molecule has 1 amide bonds. The zero-order valence-electron chi connectivity index (χ0n) is 25.3. The van der Waals surface area contributed by atoms with Crippen molar-refractivity contribution < 1.29 is 31.5 Å². The van der Waals surface area contributed by atoms with E-state index in [2.05, 4.69) is 22.3 Å². The van der Waals surface area contributed by atoms with Crippen LogP contribution in [-0.2, 0) is 37.4 Å². The van der Waals surface area contributed by atoms with Crippen LogP contribution in [-0.4, -0.2) is 80.9 Å². The summed E-state index contributed by atoms with van der Waals surface area (Å²) in [5, 5.41) is 12.2. The van der Waals surface area contributed by atoms with Crippen LogP contribution in [0, 0.1) is 6.92 Å². The van der Waals surface area contributed by atoms with E-state index < -0.39 is 37.6 Å². The molecule has 1 aliphatic heterocycles. The highest BCUT2D eigenvalue weighted by molar-refractivity contribution is 7.90. The van der Waals surface area contributed by atoms with Crippen LogP contribution in [0.3, 0.4) is 0 Å². The Kier molecular flexibility index (Phi) is 10.6. The third-order valence-corrected chi connectivity index (χ3v) is 10.1. The monoisotopic (exact) mass is 640 g/mol. The molecule has 3 aromatic rings. The fourth-order valence-electron chi connectivity index (χ4n) is 5.93. The lowest BCUT2D eigenvalue weighted by atomic mass is 9.93. The maximum atomic E-state index is 13.5. The molecule has 0 aliphatic carbocycles. The number of carbonyl (C=O) groups excluding carboxylic acids is 1. The van der Waals surface area contributed by atoms with Crippen molar-refractivity contribution in [2.24, 2.45) is 0 Å². The number of sulfone groups is 2. The third kappa shape index (κ3) is 9.23. The van der Waals surface area contributed by atoms with Crippen molar-refractivity contribution in [3.8, 4) is 11.1 Å². The van der Waals surface area contributed by atoms with Gasteiger partial charge in [-0.05, 0) is 72.6 Å². The molecule has 3 atom stereocenters. The van der Waals surface area contributed by atoms with Crippen LogP contribution in [0.1, 0.15) is 46.3 Å². The Labute approximate surface area is 260 Å². The van der Waals surface area contributed by atoms with E-state index >= 15 is 0 Å². The van der Waals surface area contributed by atoms with Crippen molar-refractivity contribution in [3.63, 3.8) is 0 Å². The van der Waals surface area contributed by atoms with Crippen LogP contribution in [0.5, 0.6) is 0 Å². The Morgan fingerprint density at radius 1 is 0.864 bits per heavy atom. The second kappa shape index (κ2) is 14.0. The molecule has 1 heterocycles. The van der Waals surface area contributed by atoms with E-state index in [0.29, 0.717) is 12.1 Å². The summed E-state index contributed by atoms with van der Waals surface area (Å²) >= 11 is 0. The maximum Gasteiger partial charge on any atom is 0.326 e. The van der Waals surface area contributed by atoms with Crippen molar-refractivity contribution in [3.05, 3.63) is 95.1 Å². The van der Waals surface area contributed by atoms with E-state index in [-0.39, 0.29) is 35.6 Å². The molecule has 0 radical (unpaired) electrons. The van der Waals surface area contributed by atoms with Crippen molar-refractivity contribution in [2.75, 3.05) is 24.0 Å². The van der Waals surface area contributed by atoms with Gasteiger partial charge in [-0.3, -0.25) is 9.69 Å².